The number of amides is 1. The van der Waals surface area contributed by atoms with E-state index in [1.165, 1.54) is 37.6 Å². The number of rotatable bonds is 6. The molecule has 0 aromatic heterocycles. The fourth-order valence-electron chi connectivity index (χ4n) is 0.871. The van der Waals surface area contributed by atoms with Crippen molar-refractivity contribution >= 4 is 17.9 Å². The van der Waals surface area contributed by atoms with Gasteiger partial charge in [0.1, 0.15) is 0 Å². The first-order chi connectivity index (χ1) is 6.48. The Morgan fingerprint density at radius 1 is 1.21 bits per heavy atom. The number of nitrogens with one attached hydrogen (secondary N) is 1. The molecule has 0 bridgehead atoms. The van der Waals surface area contributed by atoms with Crippen LogP contribution in [0, 0.1) is 5.41 Å². The Balaban J connectivity index is 3.33. The van der Waals surface area contributed by atoms with E-state index >= 15 is 0 Å². The van der Waals surface area contributed by atoms with E-state index in [-0.39, 0.29) is 11.3 Å². The average molecular weight is 217 g/mol. The van der Waals surface area contributed by atoms with Crippen molar-refractivity contribution in [2.24, 2.45) is 5.41 Å². The number of carbonyl (C=O) groups is 1. The van der Waals surface area contributed by atoms with Crippen LogP contribution in [-0.2, 0) is 4.79 Å². The first kappa shape index (κ1) is 13.8. The molecule has 0 saturated heterocycles. The maximum Gasteiger partial charge on any atom is 0.235 e. The smallest absolute Gasteiger partial charge is 0.235 e. The lowest BCUT2D eigenvalue weighted by Crippen LogP contribution is -2.30. The third-order valence-corrected chi connectivity index (χ3v) is 2.77. The summed E-state index contributed by atoms with van der Waals surface area (Å²) in [5, 5.41) is 0. The SMILES string of the molecule is CCCCCCSNC(=O)C(C)(C)C. The largest absolute Gasteiger partial charge is 0.300 e. The van der Waals surface area contributed by atoms with Crippen molar-refractivity contribution in [3.05, 3.63) is 0 Å². The zero-order valence-electron chi connectivity index (χ0n) is 9.85. The average Bonchev–Trinajstić information content (AvgIpc) is 2.09. The van der Waals surface area contributed by atoms with Gasteiger partial charge in [0.05, 0.1) is 0 Å². The summed E-state index contributed by atoms with van der Waals surface area (Å²) in [5.41, 5.74) is -0.267. The van der Waals surface area contributed by atoms with Gasteiger partial charge < -0.3 is 0 Å². The molecule has 0 rings (SSSR count). The van der Waals surface area contributed by atoms with Crippen LogP contribution >= 0.6 is 11.9 Å². The number of hydrogen-bond acceptors (Lipinski definition) is 2. The van der Waals surface area contributed by atoms with Crippen molar-refractivity contribution in [2.45, 2.75) is 53.4 Å². The second-order valence-corrected chi connectivity index (χ2v) is 5.49. The molecule has 0 aliphatic carbocycles. The topological polar surface area (TPSA) is 29.1 Å². The highest BCUT2D eigenvalue weighted by atomic mass is 32.2. The molecule has 2 nitrogen and oxygen atoms in total. The van der Waals surface area contributed by atoms with Crippen molar-refractivity contribution in [2.75, 3.05) is 5.75 Å². The fraction of sp³-hybridized carbons (Fsp3) is 0.909. The van der Waals surface area contributed by atoms with Gasteiger partial charge in [0.25, 0.3) is 0 Å². The molecule has 0 heterocycles. The second kappa shape index (κ2) is 7.16. The van der Waals surface area contributed by atoms with Crippen molar-refractivity contribution in [1.29, 1.82) is 0 Å². The molecule has 1 amide bonds. The Morgan fingerprint density at radius 2 is 1.86 bits per heavy atom. The number of unbranched alkanes of at least 4 members (excludes halogenated alkanes) is 3. The Labute approximate surface area is 92.4 Å². The first-order valence-electron chi connectivity index (χ1n) is 5.40. The molecule has 0 spiro atoms. The predicted molar refractivity (Wildman–Crippen MR) is 64.2 cm³/mol. The van der Waals surface area contributed by atoms with Crippen LogP contribution in [0.25, 0.3) is 0 Å². The van der Waals surface area contributed by atoms with Crippen LogP contribution in [-0.4, -0.2) is 11.7 Å². The van der Waals surface area contributed by atoms with Gasteiger partial charge in [-0.25, -0.2) is 0 Å². The third-order valence-electron chi connectivity index (χ3n) is 1.95. The summed E-state index contributed by atoms with van der Waals surface area (Å²) in [6.45, 7) is 7.99. The molecule has 84 valence electrons. The highest BCUT2D eigenvalue weighted by Crippen LogP contribution is 2.14. The van der Waals surface area contributed by atoms with Crippen LogP contribution in [0.5, 0.6) is 0 Å². The lowest BCUT2D eigenvalue weighted by Gasteiger charge is -2.16. The fourth-order valence-corrected chi connectivity index (χ4v) is 1.76. The normalized spacial score (nSPS) is 11.4. The Kier molecular flexibility index (Phi) is 7.06. The summed E-state index contributed by atoms with van der Waals surface area (Å²) in [6, 6.07) is 0. The quantitative estimate of drug-likeness (QED) is 0.546. The van der Waals surface area contributed by atoms with Gasteiger partial charge >= 0.3 is 0 Å². The minimum absolute atomic E-state index is 0.123. The molecule has 14 heavy (non-hydrogen) atoms. The van der Waals surface area contributed by atoms with E-state index < -0.39 is 0 Å². The van der Waals surface area contributed by atoms with Crippen LogP contribution in [0.3, 0.4) is 0 Å². The molecule has 0 fully saturated rings. The summed E-state index contributed by atoms with van der Waals surface area (Å²) in [7, 11) is 0. The van der Waals surface area contributed by atoms with Crippen LogP contribution in [0.15, 0.2) is 0 Å². The van der Waals surface area contributed by atoms with E-state index in [9.17, 15) is 4.79 Å². The van der Waals surface area contributed by atoms with E-state index in [1.54, 1.807) is 0 Å². The van der Waals surface area contributed by atoms with Crippen molar-refractivity contribution < 1.29 is 4.79 Å². The Hall–Kier alpha value is -0.180. The van der Waals surface area contributed by atoms with E-state index in [4.69, 9.17) is 0 Å². The molecule has 3 heteroatoms. The lowest BCUT2D eigenvalue weighted by molar-refractivity contribution is -0.126. The molecule has 0 unspecified atom stereocenters. The van der Waals surface area contributed by atoms with Gasteiger partial charge in [-0.1, -0.05) is 58.9 Å². The molecular formula is C11H23NOS. The van der Waals surface area contributed by atoms with Gasteiger partial charge in [-0.15, -0.1) is 0 Å². The predicted octanol–water partition coefficient (Wildman–Crippen LogP) is 3.38. The van der Waals surface area contributed by atoms with E-state index in [2.05, 4.69) is 11.6 Å². The summed E-state index contributed by atoms with van der Waals surface area (Å²) in [4.78, 5) is 11.4. The highest BCUT2D eigenvalue weighted by Gasteiger charge is 2.20. The maximum absolute atomic E-state index is 11.4. The highest BCUT2D eigenvalue weighted by molar-refractivity contribution is 7.97. The van der Waals surface area contributed by atoms with Gasteiger partial charge in [0.2, 0.25) is 5.91 Å². The second-order valence-electron chi connectivity index (χ2n) is 4.59. The summed E-state index contributed by atoms with van der Waals surface area (Å²) in [5.74, 6) is 1.15. The Morgan fingerprint density at radius 3 is 2.36 bits per heavy atom. The zero-order valence-corrected chi connectivity index (χ0v) is 10.7. The van der Waals surface area contributed by atoms with Gasteiger partial charge in [-0.3, -0.25) is 9.52 Å². The maximum atomic E-state index is 11.4. The lowest BCUT2D eigenvalue weighted by atomic mass is 9.96. The molecule has 0 radical (unpaired) electrons. The first-order valence-corrected chi connectivity index (χ1v) is 6.39. The third kappa shape index (κ3) is 7.25. The molecule has 0 aliphatic heterocycles. The number of hydrogen-bond donors (Lipinski definition) is 1. The van der Waals surface area contributed by atoms with E-state index in [0.717, 1.165) is 5.75 Å². The standard InChI is InChI=1S/C11H23NOS/c1-5-6-7-8-9-14-12-10(13)11(2,3)4/h5-9H2,1-4H3,(H,12,13). The van der Waals surface area contributed by atoms with Gasteiger partial charge in [-0.05, 0) is 6.42 Å². The molecule has 1 N–H and O–H groups in total. The van der Waals surface area contributed by atoms with Crippen molar-refractivity contribution in [3.8, 4) is 0 Å². The molecule has 0 aromatic carbocycles. The van der Waals surface area contributed by atoms with Crippen LogP contribution in [0.2, 0.25) is 0 Å². The van der Waals surface area contributed by atoms with Crippen molar-refractivity contribution in [1.82, 2.24) is 4.72 Å². The minimum Gasteiger partial charge on any atom is -0.300 e. The molecule has 0 saturated carbocycles. The van der Waals surface area contributed by atoms with E-state index in [1.807, 2.05) is 20.8 Å². The van der Waals surface area contributed by atoms with Gasteiger partial charge in [-0.2, -0.15) is 0 Å². The summed E-state index contributed by atoms with van der Waals surface area (Å²) in [6.07, 6.45) is 5.03. The summed E-state index contributed by atoms with van der Waals surface area (Å²) >= 11 is 1.54. The zero-order chi connectivity index (χ0) is 11.0. The van der Waals surface area contributed by atoms with Crippen LogP contribution in [0.4, 0.5) is 0 Å². The van der Waals surface area contributed by atoms with Gasteiger partial charge in [0.15, 0.2) is 0 Å². The molecule has 0 aromatic rings. The Bertz CT molecular complexity index is 163. The van der Waals surface area contributed by atoms with Gasteiger partial charge in [0, 0.05) is 11.2 Å². The van der Waals surface area contributed by atoms with Crippen LogP contribution in [0.1, 0.15) is 53.4 Å². The number of carbonyl (C=O) groups excluding carboxylic acids is 1. The molecular weight excluding hydrogens is 194 g/mol. The monoisotopic (exact) mass is 217 g/mol. The molecule has 0 atom stereocenters. The van der Waals surface area contributed by atoms with Crippen molar-refractivity contribution in [3.63, 3.8) is 0 Å². The summed E-state index contributed by atoms with van der Waals surface area (Å²) < 4.78 is 2.88. The molecule has 0 aliphatic rings. The van der Waals surface area contributed by atoms with Crippen LogP contribution < -0.4 is 4.72 Å². The van der Waals surface area contributed by atoms with E-state index in [0.29, 0.717) is 0 Å². The minimum atomic E-state index is -0.267.